The molecule has 0 N–H and O–H groups in total. The standard InChI is InChI=1S/C20H36N4O6S/c1-20(2,3)30-19(26)22-6-4-17(5-7-22)16-18(25)21-8-10-23(11-9-21)31(27,28)24-12-14-29-15-13-24/h17H,4-16H2,1-3H3. The number of morpholine rings is 1. The molecule has 31 heavy (non-hydrogen) atoms. The number of piperazine rings is 1. The molecule has 2 amide bonds. The van der Waals surface area contributed by atoms with Crippen LogP contribution in [0.2, 0.25) is 0 Å². The van der Waals surface area contributed by atoms with Crippen molar-refractivity contribution in [3.63, 3.8) is 0 Å². The molecular formula is C20H36N4O6S. The normalized spacial score (nSPS) is 23.1. The Morgan fingerprint density at radius 3 is 1.97 bits per heavy atom. The van der Waals surface area contributed by atoms with Gasteiger partial charge in [-0.25, -0.2) is 4.79 Å². The summed E-state index contributed by atoms with van der Waals surface area (Å²) in [7, 11) is -3.49. The average Bonchev–Trinajstić information content (AvgIpc) is 2.73. The van der Waals surface area contributed by atoms with Crippen molar-refractivity contribution >= 4 is 22.2 Å². The van der Waals surface area contributed by atoms with E-state index in [1.54, 1.807) is 9.80 Å². The molecule has 3 fully saturated rings. The van der Waals surface area contributed by atoms with Crippen LogP contribution in [0.3, 0.4) is 0 Å². The minimum atomic E-state index is -3.49. The van der Waals surface area contributed by atoms with Crippen molar-refractivity contribution in [2.24, 2.45) is 5.92 Å². The van der Waals surface area contributed by atoms with Gasteiger partial charge in [-0.05, 0) is 39.5 Å². The molecule has 3 aliphatic heterocycles. The van der Waals surface area contributed by atoms with E-state index in [4.69, 9.17) is 9.47 Å². The number of carbonyl (C=O) groups is 2. The summed E-state index contributed by atoms with van der Waals surface area (Å²) in [6.45, 7) is 9.81. The van der Waals surface area contributed by atoms with Gasteiger partial charge in [0.1, 0.15) is 5.60 Å². The second kappa shape index (κ2) is 10.0. The smallest absolute Gasteiger partial charge is 0.410 e. The summed E-state index contributed by atoms with van der Waals surface area (Å²) in [5.41, 5.74) is -0.513. The summed E-state index contributed by atoms with van der Waals surface area (Å²) in [6, 6.07) is 0. The van der Waals surface area contributed by atoms with Gasteiger partial charge < -0.3 is 19.3 Å². The summed E-state index contributed by atoms with van der Waals surface area (Å²) < 4.78 is 39.1. The SMILES string of the molecule is CC(C)(C)OC(=O)N1CCC(CC(=O)N2CCN(S(=O)(=O)N3CCOCC3)CC2)CC1. The van der Waals surface area contributed by atoms with Crippen LogP contribution in [0.4, 0.5) is 4.79 Å². The molecule has 0 aromatic carbocycles. The van der Waals surface area contributed by atoms with Crippen LogP contribution in [0.5, 0.6) is 0 Å². The lowest BCUT2D eigenvalue weighted by Crippen LogP contribution is -2.56. The highest BCUT2D eigenvalue weighted by molar-refractivity contribution is 7.86. The van der Waals surface area contributed by atoms with Gasteiger partial charge in [-0.1, -0.05) is 0 Å². The van der Waals surface area contributed by atoms with Crippen LogP contribution in [-0.2, 0) is 24.5 Å². The van der Waals surface area contributed by atoms with Crippen LogP contribution < -0.4 is 0 Å². The van der Waals surface area contributed by atoms with Crippen molar-refractivity contribution in [2.45, 2.75) is 45.6 Å². The molecule has 3 saturated heterocycles. The molecule has 0 aromatic rings. The molecule has 3 aliphatic rings. The molecule has 10 nitrogen and oxygen atoms in total. The summed E-state index contributed by atoms with van der Waals surface area (Å²) in [5, 5.41) is 0. The third kappa shape index (κ3) is 6.53. The highest BCUT2D eigenvalue weighted by Gasteiger charge is 2.35. The van der Waals surface area contributed by atoms with E-state index in [-0.39, 0.29) is 17.9 Å². The molecule has 3 heterocycles. The maximum Gasteiger partial charge on any atom is 0.410 e. The van der Waals surface area contributed by atoms with E-state index in [9.17, 15) is 18.0 Å². The van der Waals surface area contributed by atoms with E-state index in [0.29, 0.717) is 72.0 Å². The third-order valence-electron chi connectivity index (χ3n) is 5.94. The number of rotatable bonds is 4. The van der Waals surface area contributed by atoms with Gasteiger partial charge >= 0.3 is 6.09 Å². The first-order chi connectivity index (χ1) is 14.6. The second-order valence-electron chi connectivity index (χ2n) is 9.41. The highest BCUT2D eigenvalue weighted by atomic mass is 32.2. The van der Waals surface area contributed by atoms with Gasteiger partial charge in [0.15, 0.2) is 0 Å². The van der Waals surface area contributed by atoms with Gasteiger partial charge in [-0.15, -0.1) is 0 Å². The molecular weight excluding hydrogens is 424 g/mol. The van der Waals surface area contributed by atoms with Crippen molar-refractivity contribution < 1.29 is 27.5 Å². The third-order valence-corrected chi connectivity index (χ3v) is 7.98. The highest BCUT2D eigenvalue weighted by Crippen LogP contribution is 2.24. The molecule has 0 unspecified atom stereocenters. The molecule has 0 spiro atoms. The Balaban J connectivity index is 1.41. The monoisotopic (exact) mass is 460 g/mol. The van der Waals surface area contributed by atoms with E-state index in [2.05, 4.69) is 0 Å². The van der Waals surface area contributed by atoms with Crippen molar-refractivity contribution in [1.29, 1.82) is 0 Å². The van der Waals surface area contributed by atoms with Crippen LogP contribution in [0.1, 0.15) is 40.0 Å². The molecule has 0 aromatic heterocycles. The minimum absolute atomic E-state index is 0.0686. The van der Waals surface area contributed by atoms with Gasteiger partial charge in [0.25, 0.3) is 10.2 Å². The van der Waals surface area contributed by atoms with E-state index in [1.807, 2.05) is 20.8 Å². The lowest BCUT2D eigenvalue weighted by molar-refractivity contribution is -0.133. The quantitative estimate of drug-likeness (QED) is 0.614. The summed E-state index contributed by atoms with van der Waals surface area (Å²) in [6.07, 6.45) is 1.69. The van der Waals surface area contributed by atoms with Gasteiger partial charge in [-0.3, -0.25) is 4.79 Å². The number of likely N-dealkylation sites (tertiary alicyclic amines) is 1. The number of carbonyl (C=O) groups excluding carboxylic acids is 2. The number of nitrogens with zero attached hydrogens (tertiary/aromatic N) is 4. The fourth-order valence-electron chi connectivity index (χ4n) is 4.13. The molecule has 0 radical (unpaired) electrons. The molecule has 3 rings (SSSR count). The predicted octanol–water partition coefficient (Wildman–Crippen LogP) is 0.745. The zero-order valence-electron chi connectivity index (χ0n) is 18.9. The minimum Gasteiger partial charge on any atom is -0.444 e. The lowest BCUT2D eigenvalue weighted by Gasteiger charge is -2.38. The Labute approximate surface area is 185 Å². The number of hydrogen-bond donors (Lipinski definition) is 0. The zero-order valence-corrected chi connectivity index (χ0v) is 19.7. The fraction of sp³-hybridized carbons (Fsp3) is 0.900. The van der Waals surface area contributed by atoms with Gasteiger partial charge in [-0.2, -0.15) is 17.0 Å². The first kappa shape index (κ1) is 24.2. The van der Waals surface area contributed by atoms with Gasteiger partial charge in [0.2, 0.25) is 5.91 Å². The molecule has 0 atom stereocenters. The van der Waals surface area contributed by atoms with Gasteiger partial charge in [0, 0.05) is 58.8 Å². The van der Waals surface area contributed by atoms with Gasteiger partial charge in [0.05, 0.1) is 13.2 Å². The summed E-state index contributed by atoms with van der Waals surface area (Å²) in [4.78, 5) is 28.4. The Morgan fingerprint density at radius 1 is 0.871 bits per heavy atom. The van der Waals surface area contributed by atoms with Crippen LogP contribution in [0.25, 0.3) is 0 Å². The van der Waals surface area contributed by atoms with Crippen LogP contribution >= 0.6 is 0 Å². The first-order valence-corrected chi connectivity index (χ1v) is 12.5. The Hall–Kier alpha value is -1.43. The van der Waals surface area contributed by atoms with Crippen LogP contribution in [0, 0.1) is 5.92 Å². The van der Waals surface area contributed by atoms with Crippen LogP contribution in [-0.4, -0.2) is 110 Å². The maximum atomic E-state index is 12.8. The van der Waals surface area contributed by atoms with Crippen molar-refractivity contribution in [1.82, 2.24) is 18.4 Å². The molecule has 0 bridgehead atoms. The van der Waals surface area contributed by atoms with E-state index in [0.717, 1.165) is 12.8 Å². The number of ether oxygens (including phenoxy) is 2. The second-order valence-corrected chi connectivity index (χ2v) is 11.3. The number of hydrogen-bond acceptors (Lipinski definition) is 6. The Bertz CT molecular complexity index is 731. The fourth-order valence-corrected chi connectivity index (χ4v) is 5.69. The average molecular weight is 461 g/mol. The Morgan fingerprint density at radius 2 is 1.42 bits per heavy atom. The molecule has 0 saturated carbocycles. The van der Waals surface area contributed by atoms with E-state index >= 15 is 0 Å². The predicted molar refractivity (Wildman–Crippen MR) is 115 cm³/mol. The van der Waals surface area contributed by atoms with Crippen molar-refractivity contribution in [2.75, 3.05) is 65.6 Å². The number of piperidine rings is 1. The van der Waals surface area contributed by atoms with E-state index < -0.39 is 15.8 Å². The molecule has 178 valence electrons. The van der Waals surface area contributed by atoms with Crippen molar-refractivity contribution in [3.05, 3.63) is 0 Å². The maximum absolute atomic E-state index is 12.8. The lowest BCUT2D eigenvalue weighted by atomic mass is 9.93. The molecule has 0 aliphatic carbocycles. The summed E-state index contributed by atoms with van der Waals surface area (Å²) in [5.74, 6) is 0.306. The summed E-state index contributed by atoms with van der Waals surface area (Å²) >= 11 is 0. The van der Waals surface area contributed by atoms with Crippen LogP contribution in [0.15, 0.2) is 0 Å². The first-order valence-electron chi connectivity index (χ1n) is 11.1. The zero-order chi connectivity index (χ0) is 22.6. The Kier molecular flexibility index (Phi) is 7.82. The topological polar surface area (TPSA) is 99.7 Å². The van der Waals surface area contributed by atoms with E-state index in [1.165, 1.54) is 8.61 Å². The number of amides is 2. The largest absolute Gasteiger partial charge is 0.444 e. The van der Waals surface area contributed by atoms with Crippen molar-refractivity contribution in [3.8, 4) is 0 Å². The molecule has 11 heteroatoms.